The van der Waals surface area contributed by atoms with Gasteiger partial charge in [0.05, 0.1) is 11.2 Å². The average molecular weight is 333 g/mol. The normalized spacial score (nSPS) is 17.6. The second-order valence-corrected chi connectivity index (χ2v) is 7.97. The Morgan fingerprint density at radius 2 is 1.54 bits per heavy atom. The molecule has 2 N–H and O–H groups in total. The molecule has 24 heavy (non-hydrogen) atoms. The topological polar surface area (TPSA) is 52.9 Å². The number of rotatable bonds is 6. The molecule has 5 heteroatoms. The van der Waals surface area contributed by atoms with Crippen LogP contribution in [-0.2, 0) is 11.2 Å². The molecule has 0 spiro atoms. The molecule has 1 heterocycles. The third-order valence-corrected chi connectivity index (χ3v) is 5.25. The monoisotopic (exact) mass is 333 g/mol. The third kappa shape index (κ3) is 5.31. The Balaban J connectivity index is 1.95. The lowest BCUT2D eigenvalue weighted by molar-refractivity contribution is -0.0982. The molecule has 0 bridgehead atoms. The van der Waals surface area contributed by atoms with Crippen molar-refractivity contribution < 1.29 is 14.8 Å². The minimum absolute atomic E-state index is 0.715. The van der Waals surface area contributed by atoms with Crippen LogP contribution in [0.15, 0.2) is 24.3 Å². The number of likely N-dealkylation sites (tertiary alicyclic amines) is 1. The number of hydrogen-bond acceptors (Lipinski definition) is 4. The van der Waals surface area contributed by atoms with Crippen LogP contribution in [0.25, 0.3) is 0 Å². The van der Waals surface area contributed by atoms with Gasteiger partial charge in [-0.3, -0.25) is 4.90 Å². The van der Waals surface area contributed by atoms with E-state index >= 15 is 0 Å². The number of hydrogen-bond donors (Lipinski definition) is 2. The van der Waals surface area contributed by atoms with Crippen molar-refractivity contribution in [1.82, 2.24) is 4.90 Å². The van der Waals surface area contributed by atoms with Gasteiger partial charge in [0.15, 0.2) is 0 Å². The van der Waals surface area contributed by atoms with Crippen LogP contribution in [0.3, 0.4) is 0 Å². The van der Waals surface area contributed by atoms with Crippen LogP contribution in [0.5, 0.6) is 0 Å². The summed E-state index contributed by atoms with van der Waals surface area (Å²) in [6.45, 7) is 10.2. The smallest absolute Gasteiger partial charge is 0.423 e. The molecule has 0 radical (unpaired) electrons. The number of aliphatic hydroxyl groups is 1. The standard InChI is InChI=1S/C19H32BNO3/c1-18(2,22)19(3,4)24-20(23)17-11-9-16(10-12-17)15-21-13-7-5-6-8-14-21/h9-12,22-23H,5-8,13-15H2,1-4H3. The fourth-order valence-corrected chi connectivity index (χ4v) is 2.83. The molecule has 134 valence electrons. The molecule has 0 unspecified atom stereocenters. The van der Waals surface area contributed by atoms with Crippen molar-refractivity contribution in [3.8, 4) is 0 Å². The van der Waals surface area contributed by atoms with Crippen LogP contribution in [0.2, 0.25) is 0 Å². The zero-order valence-electron chi connectivity index (χ0n) is 15.6. The summed E-state index contributed by atoms with van der Waals surface area (Å²) >= 11 is 0. The van der Waals surface area contributed by atoms with Crippen LogP contribution >= 0.6 is 0 Å². The van der Waals surface area contributed by atoms with E-state index in [4.69, 9.17) is 4.65 Å². The van der Waals surface area contributed by atoms with Crippen LogP contribution in [-0.4, -0.2) is 46.4 Å². The molecule has 2 rings (SSSR count). The van der Waals surface area contributed by atoms with Gasteiger partial charge in [0.25, 0.3) is 0 Å². The molecule has 1 aromatic carbocycles. The highest BCUT2D eigenvalue weighted by molar-refractivity contribution is 6.60. The summed E-state index contributed by atoms with van der Waals surface area (Å²) in [5.74, 6) is 0. The maximum Gasteiger partial charge on any atom is 0.491 e. The zero-order chi connectivity index (χ0) is 17.8. The maximum atomic E-state index is 10.3. The van der Waals surface area contributed by atoms with Gasteiger partial charge in [0.2, 0.25) is 0 Å². The summed E-state index contributed by atoms with van der Waals surface area (Å²) in [7, 11) is -1.04. The fraction of sp³-hybridized carbons (Fsp3) is 0.684. The second kappa shape index (κ2) is 8.00. The molecule has 1 aliphatic heterocycles. The lowest BCUT2D eigenvalue weighted by Gasteiger charge is -2.38. The van der Waals surface area contributed by atoms with E-state index in [-0.39, 0.29) is 0 Å². The Morgan fingerprint density at radius 3 is 2.04 bits per heavy atom. The molecule has 0 saturated carbocycles. The van der Waals surface area contributed by atoms with Crippen molar-refractivity contribution in [3.05, 3.63) is 29.8 Å². The molecule has 0 aliphatic carbocycles. The predicted molar refractivity (Wildman–Crippen MR) is 99.3 cm³/mol. The highest BCUT2D eigenvalue weighted by Gasteiger charge is 2.39. The van der Waals surface area contributed by atoms with Gasteiger partial charge in [-0.2, -0.15) is 0 Å². The second-order valence-electron chi connectivity index (χ2n) is 7.97. The lowest BCUT2D eigenvalue weighted by atomic mass is 9.76. The first kappa shape index (κ1) is 19.4. The Morgan fingerprint density at radius 1 is 1.00 bits per heavy atom. The summed E-state index contributed by atoms with van der Waals surface area (Å²) in [6, 6.07) is 7.95. The van der Waals surface area contributed by atoms with Crippen molar-refractivity contribution in [2.45, 2.75) is 71.1 Å². The highest BCUT2D eigenvalue weighted by atomic mass is 16.5. The van der Waals surface area contributed by atoms with Gasteiger partial charge >= 0.3 is 7.12 Å². The van der Waals surface area contributed by atoms with E-state index in [0.717, 1.165) is 6.54 Å². The first-order valence-corrected chi connectivity index (χ1v) is 9.08. The first-order chi connectivity index (χ1) is 11.2. The Hall–Kier alpha value is -0.875. The van der Waals surface area contributed by atoms with E-state index in [1.165, 1.54) is 44.3 Å². The molecule has 4 nitrogen and oxygen atoms in total. The molecule has 1 saturated heterocycles. The third-order valence-electron chi connectivity index (χ3n) is 5.25. The molecule has 0 amide bonds. The molecule has 1 aromatic rings. The van der Waals surface area contributed by atoms with Crippen LogP contribution in [0.4, 0.5) is 0 Å². The summed E-state index contributed by atoms with van der Waals surface area (Å²) in [4.78, 5) is 2.51. The minimum Gasteiger partial charge on any atom is -0.423 e. The van der Waals surface area contributed by atoms with Crippen molar-refractivity contribution in [2.24, 2.45) is 0 Å². The van der Waals surface area contributed by atoms with E-state index in [9.17, 15) is 10.1 Å². The van der Waals surface area contributed by atoms with Gasteiger partial charge in [0.1, 0.15) is 0 Å². The molecule has 0 aromatic heterocycles. The van der Waals surface area contributed by atoms with E-state index in [1.54, 1.807) is 27.7 Å². The number of nitrogens with zero attached hydrogens (tertiary/aromatic N) is 1. The van der Waals surface area contributed by atoms with E-state index in [2.05, 4.69) is 17.0 Å². The largest absolute Gasteiger partial charge is 0.491 e. The van der Waals surface area contributed by atoms with E-state index < -0.39 is 18.3 Å². The molecular weight excluding hydrogens is 301 g/mol. The SMILES string of the molecule is CC(C)(O)C(C)(C)OB(O)c1ccc(CN2CCCCCC2)cc1. The zero-order valence-corrected chi connectivity index (χ0v) is 15.6. The van der Waals surface area contributed by atoms with E-state index in [1.807, 2.05) is 12.1 Å². The fourth-order valence-electron chi connectivity index (χ4n) is 2.83. The minimum atomic E-state index is -1.04. The first-order valence-electron chi connectivity index (χ1n) is 9.08. The highest BCUT2D eigenvalue weighted by Crippen LogP contribution is 2.25. The van der Waals surface area contributed by atoms with Gasteiger partial charge < -0.3 is 14.8 Å². The van der Waals surface area contributed by atoms with Gasteiger partial charge in [-0.15, -0.1) is 0 Å². The van der Waals surface area contributed by atoms with Crippen molar-refractivity contribution in [1.29, 1.82) is 0 Å². The maximum absolute atomic E-state index is 10.3. The molecule has 1 fully saturated rings. The Bertz CT molecular complexity index is 502. The summed E-state index contributed by atoms with van der Waals surface area (Å²) in [5.41, 5.74) is 0.0826. The Kier molecular flexibility index (Phi) is 6.49. The van der Waals surface area contributed by atoms with Gasteiger partial charge in [-0.05, 0) is 64.7 Å². The quantitative estimate of drug-likeness (QED) is 0.785. The van der Waals surface area contributed by atoms with Crippen LogP contribution in [0.1, 0.15) is 58.9 Å². The van der Waals surface area contributed by atoms with Gasteiger partial charge in [0, 0.05) is 6.54 Å². The van der Waals surface area contributed by atoms with Gasteiger partial charge in [-0.1, -0.05) is 37.1 Å². The summed E-state index contributed by atoms with van der Waals surface area (Å²) in [6.07, 6.45) is 5.26. The predicted octanol–water partition coefficient (Wildman–Crippen LogP) is 2.32. The lowest BCUT2D eigenvalue weighted by Crippen LogP contribution is -2.53. The van der Waals surface area contributed by atoms with Crippen LogP contribution < -0.4 is 5.46 Å². The summed E-state index contributed by atoms with van der Waals surface area (Å²) in [5, 5.41) is 20.5. The van der Waals surface area contributed by atoms with Crippen molar-refractivity contribution in [2.75, 3.05) is 13.1 Å². The van der Waals surface area contributed by atoms with Crippen molar-refractivity contribution >= 4 is 12.6 Å². The molecule has 0 atom stereocenters. The van der Waals surface area contributed by atoms with Crippen molar-refractivity contribution in [3.63, 3.8) is 0 Å². The molecular formula is C19H32BNO3. The Labute approximate surface area is 147 Å². The summed E-state index contributed by atoms with van der Waals surface area (Å²) < 4.78 is 5.69. The number of benzene rings is 1. The average Bonchev–Trinajstić information content (AvgIpc) is 2.75. The van der Waals surface area contributed by atoms with Crippen LogP contribution in [0, 0.1) is 0 Å². The molecule has 1 aliphatic rings. The van der Waals surface area contributed by atoms with E-state index in [0.29, 0.717) is 5.46 Å². The van der Waals surface area contributed by atoms with Gasteiger partial charge in [-0.25, -0.2) is 0 Å².